The van der Waals surface area contributed by atoms with Gasteiger partial charge in [0.1, 0.15) is 0 Å². The Balaban J connectivity index is 1.35. The molecule has 2 N–H and O–H groups in total. The van der Waals surface area contributed by atoms with Gasteiger partial charge in [-0.3, -0.25) is 9.69 Å². The molecule has 2 aliphatic rings. The molecule has 4 nitrogen and oxygen atoms in total. The summed E-state index contributed by atoms with van der Waals surface area (Å²) in [6.07, 6.45) is 2.99. The lowest BCUT2D eigenvalue weighted by Crippen LogP contribution is -2.32. The van der Waals surface area contributed by atoms with Crippen molar-refractivity contribution in [3.8, 4) is 0 Å². The molecule has 1 aliphatic carbocycles. The largest absolute Gasteiger partial charge is 0.395 e. The number of carbonyl (C=O) groups is 1. The van der Waals surface area contributed by atoms with E-state index in [1.165, 1.54) is 5.56 Å². The lowest BCUT2D eigenvalue weighted by molar-refractivity contribution is -0.122. The molecule has 0 bridgehead atoms. The molecule has 2 fully saturated rings. The highest BCUT2D eigenvalue weighted by molar-refractivity contribution is 6.35. The predicted octanol–water partition coefficient (Wildman–Crippen LogP) is 4.37. The average Bonchev–Trinajstić information content (AvgIpc) is 3.38. The summed E-state index contributed by atoms with van der Waals surface area (Å²) in [6.45, 7) is 2.54. The maximum absolute atomic E-state index is 12.7. The van der Waals surface area contributed by atoms with E-state index in [2.05, 4.69) is 22.3 Å². The summed E-state index contributed by atoms with van der Waals surface area (Å²) in [6, 6.07) is 13.9. The van der Waals surface area contributed by atoms with Crippen molar-refractivity contribution < 1.29 is 9.90 Å². The van der Waals surface area contributed by atoms with Crippen molar-refractivity contribution in [3.05, 3.63) is 69.2 Å². The smallest absolute Gasteiger partial charge is 0.224 e. The highest BCUT2D eigenvalue weighted by Gasteiger charge is 2.44. The molecule has 1 aliphatic heterocycles. The first-order valence-electron chi connectivity index (χ1n) is 10.2. The second-order valence-corrected chi connectivity index (χ2v) is 8.89. The fourth-order valence-electron chi connectivity index (χ4n) is 4.36. The van der Waals surface area contributed by atoms with E-state index in [1.54, 1.807) is 6.07 Å². The molecule has 0 unspecified atom stereocenters. The number of likely N-dealkylation sites (tertiary alicyclic amines) is 1. The summed E-state index contributed by atoms with van der Waals surface area (Å²) < 4.78 is 0. The number of rotatable bonds is 7. The molecule has 29 heavy (non-hydrogen) atoms. The van der Waals surface area contributed by atoms with E-state index in [-0.39, 0.29) is 30.4 Å². The summed E-state index contributed by atoms with van der Waals surface area (Å²) in [5.41, 5.74) is 3.34. The lowest BCUT2D eigenvalue weighted by Gasteiger charge is -2.24. The van der Waals surface area contributed by atoms with Crippen LogP contribution in [0, 0.1) is 5.92 Å². The zero-order chi connectivity index (χ0) is 20.4. The van der Waals surface area contributed by atoms with E-state index >= 15 is 0 Å². The first-order chi connectivity index (χ1) is 14.1. The van der Waals surface area contributed by atoms with Crippen molar-refractivity contribution in [2.75, 3.05) is 13.2 Å². The molecule has 0 radical (unpaired) electrons. The molecule has 2 aromatic rings. The first kappa shape index (κ1) is 20.7. The molecule has 4 rings (SSSR count). The summed E-state index contributed by atoms with van der Waals surface area (Å²) >= 11 is 12.3. The summed E-state index contributed by atoms with van der Waals surface area (Å²) in [7, 11) is 0. The van der Waals surface area contributed by atoms with Crippen LogP contribution < -0.4 is 5.32 Å². The number of aliphatic hydroxyl groups excluding tert-OH is 1. The van der Waals surface area contributed by atoms with Crippen molar-refractivity contribution in [1.82, 2.24) is 10.2 Å². The molecule has 0 spiro atoms. The number of halogens is 2. The Labute approximate surface area is 181 Å². The minimum absolute atomic E-state index is 0.0295. The normalized spacial score (nSPS) is 23.9. The number of amides is 1. The SMILES string of the molecule is O=C(NCc1ccccc1CN1CCC[C@@H]1CO)[C@H]1C[C@@H]1c1ccc(Cl)cc1Cl. The molecule has 2 aromatic carbocycles. The Morgan fingerprint density at radius 3 is 2.72 bits per heavy atom. The van der Waals surface area contributed by atoms with Gasteiger partial charge in [-0.1, -0.05) is 53.5 Å². The van der Waals surface area contributed by atoms with E-state index in [0.29, 0.717) is 16.6 Å². The quantitative estimate of drug-likeness (QED) is 0.682. The van der Waals surface area contributed by atoms with Gasteiger partial charge in [0.2, 0.25) is 5.91 Å². The lowest BCUT2D eigenvalue weighted by atomic mass is 10.1. The van der Waals surface area contributed by atoms with Gasteiger partial charge in [0.05, 0.1) is 6.61 Å². The van der Waals surface area contributed by atoms with Crippen LogP contribution in [-0.4, -0.2) is 35.1 Å². The number of hydrogen-bond donors (Lipinski definition) is 2. The Hall–Kier alpha value is -1.59. The van der Waals surface area contributed by atoms with Crippen LogP contribution in [0.3, 0.4) is 0 Å². The van der Waals surface area contributed by atoms with E-state index < -0.39 is 0 Å². The second kappa shape index (κ2) is 9.05. The van der Waals surface area contributed by atoms with Gasteiger partial charge in [0.15, 0.2) is 0 Å². The number of hydrogen-bond acceptors (Lipinski definition) is 3. The molecule has 1 heterocycles. The van der Waals surface area contributed by atoms with E-state index in [9.17, 15) is 9.90 Å². The highest BCUT2D eigenvalue weighted by atomic mass is 35.5. The van der Waals surface area contributed by atoms with Gasteiger partial charge in [0.25, 0.3) is 0 Å². The van der Waals surface area contributed by atoms with Crippen molar-refractivity contribution in [2.45, 2.75) is 44.3 Å². The fraction of sp³-hybridized carbons (Fsp3) is 0.435. The molecular formula is C23H26Cl2N2O2. The van der Waals surface area contributed by atoms with Crippen LogP contribution in [0.5, 0.6) is 0 Å². The van der Waals surface area contributed by atoms with Crippen molar-refractivity contribution in [3.63, 3.8) is 0 Å². The zero-order valence-corrected chi connectivity index (χ0v) is 17.8. The molecule has 1 saturated carbocycles. The fourth-order valence-corrected chi connectivity index (χ4v) is 4.91. The minimum atomic E-state index is -0.0295. The van der Waals surface area contributed by atoms with Crippen LogP contribution in [0.25, 0.3) is 0 Å². The summed E-state index contributed by atoms with van der Waals surface area (Å²) in [4.78, 5) is 15.0. The van der Waals surface area contributed by atoms with Crippen molar-refractivity contribution in [2.24, 2.45) is 5.92 Å². The molecule has 3 atom stereocenters. The monoisotopic (exact) mass is 432 g/mol. The predicted molar refractivity (Wildman–Crippen MR) is 116 cm³/mol. The van der Waals surface area contributed by atoms with Crippen molar-refractivity contribution in [1.29, 1.82) is 0 Å². The van der Waals surface area contributed by atoms with Gasteiger partial charge in [0, 0.05) is 35.1 Å². The van der Waals surface area contributed by atoms with Crippen LogP contribution in [0.2, 0.25) is 10.0 Å². The van der Waals surface area contributed by atoms with E-state index in [1.807, 2.05) is 24.3 Å². The van der Waals surface area contributed by atoms with Gasteiger partial charge in [-0.2, -0.15) is 0 Å². The third kappa shape index (κ3) is 4.77. The average molecular weight is 433 g/mol. The van der Waals surface area contributed by atoms with Gasteiger partial charge in [-0.25, -0.2) is 0 Å². The Kier molecular flexibility index (Phi) is 6.45. The molecular weight excluding hydrogens is 407 g/mol. The van der Waals surface area contributed by atoms with Gasteiger partial charge in [-0.05, 0) is 60.5 Å². The maximum Gasteiger partial charge on any atom is 0.224 e. The van der Waals surface area contributed by atoms with Gasteiger partial charge >= 0.3 is 0 Å². The Bertz CT molecular complexity index is 889. The number of nitrogens with zero attached hydrogens (tertiary/aromatic N) is 1. The molecule has 6 heteroatoms. The van der Waals surface area contributed by atoms with Crippen LogP contribution in [0.4, 0.5) is 0 Å². The number of aliphatic hydroxyl groups is 1. The Morgan fingerprint density at radius 2 is 1.97 bits per heavy atom. The third-order valence-corrected chi connectivity index (χ3v) is 6.71. The molecule has 0 aromatic heterocycles. The molecule has 1 saturated heterocycles. The van der Waals surface area contributed by atoms with Crippen LogP contribution >= 0.6 is 23.2 Å². The van der Waals surface area contributed by atoms with E-state index in [0.717, 1.165) is 43.5 Å². The highest BCUT2D eigenvalue weighted by Crippen LogP contribution is 2.50. The summed E-state index contributed by atoms with van der Waals surface area (Å²) in [5, 5.41) is 13.9. The summed E-state index contributed by atoms with van der Waals surface area (Å²) in [5.74, 6) is 0.216. The number of nitrogens with one attached hydrogen (secondary N) is 1. The third-order valence-electron chi connectivity index (χ3n) is 6.14. The molecule has 1 amide bonds. The Morgan fingerprint density at radius 1 is 1.17 bits per heavy atom. The number of benzene rings is 2. The van der Waals surface area contributed by atoms with Crippen LogP contribution in [0.1, 0.15) is 41.9 Å². The van der Waals surface area contributed by atoms with Crippen LogP contribution in [0.15, 0.2) is 42.5 Å². The first-order valence-corrected chi connectivity index (χ1v) is 11.0. The molecule has 154 valence electrons. The van der Waals surface area contributed by atoms with Gasteiger partial charge in [-0.15, -0.1) is 0 Å². The van der Waals surface area contributed by atoms with Crippen molar-refractivity contribution >= 4 is 29.1 Å². The van der Waals surface area contributed by atoms with Gasteiger partial charge < -0.3 is 10.4 Å². The minimum Gasteiger partial charge on any atom is -0.395 e. The van der Waals surface area contributed by atoms with E-state index in [4.69, 9.17) is 23.2 Å². The zero-order valence-electron chi connectivity index (χ0n) is 16.3. The second-order valence-electron chi connectivity index (χ2n) is 8.05. The number of carbonyl (C=O) groups excluding carboxylic acids is 1. The topological polar surface area (TPSA) is 52.6 Å². The van der Waals surface area contributed by atoms with Crippen LogP contribution in [-0.2, 0) is 17.9 Å². The standard InChI is InChI=1S/C23H26Cl2N2O2/c24-17-7-8-19(22(25)10-17)20-11-21(20)23(29)26-12-15-4-1-2-5-16(15)13-27-9-3-6-18(27)14-28/h1-2,4-5,7-8,10,18,20-21,28H,3,6,9,11-14H2,(H,26,29)/t18-,20-,21+/m1/s1. The maximum atomic E-state index is 12.7.